The predicted molar refractivity (Wildman–Crippen MR) is 96.4 cm³/mol. The standard InChI is InChI=1S/C19H14ClNO5/c1-11(22)25-17-10-12(3-8-16(17)24-2)9-15-19(23)26-18(21-15)13-4-6-14(20)7-5-13/h3-10H,1-2H3/b15-9+. The van der Waals surface area contributed by atoms with Crippen LogP contribution >= 0.6 is 11.6 Å². The second-order valence-corrected chi connectivity index (χ2v) is 5.78. The molecule has 2 aromatic carbocycles. The van der Waals surface area contributed by atoms with E-state index in [1.54, 1.807) is 42.5 Å². The number of cyclic esters (lactones) is 1. The highest BCUT2D eigenvalue weighted by molar-refractivity contribution is 6.30. The Labute approximate surface area is 154 Å². The molecule has 7 heteroatoms. The largest absolute Gasteiger partial charge is 0.493 e. The normalized spacial score (nSPS) is 14.8. The average Bonchev–Trinajstić information content (AvgIpc) is 2.96. The zero-order valence-corrected chi connectivity index (χ0v) is 14.7. The SMILES string of the molecule is COc1ccc(/C=C2/N=C(c3ccc(Cl)cc3)OC2=O)cc1OC(C)=O. The average molecular weight is 372 g/mol. The molecule has 0 saturated heterocycles. The summed E-state index contributed by atoms with van der Waals surface area (Å²) in [6, 6.07) is 11.7. The van der Waals surface area contributed by atoms with Crippen LogP contribution in [-0.2, 0) is 14.3 Å². The first-order chi connectivity index (χ1) is 12.5. The maximum absolute atomic E-state index is 12.1. The van der Waals surface area contributed by atoms with Gasteiger partial charge in [-0.05, 0) is 48.0 Å². The Hall–Kier alpha value is -3.12. The molecule has 6 nitrogen and oxygen atoms in total. The van der Waals surface area contributed by atoms with Crippen LogP contribution in [0.2, 0.25) is 5.02 Å². The van der Waals surface area contributed by atoms with E-state index in [9.17, 15) is 9.59 Å². The summed E-state index contributed by atoms with van der Waals surface area (Å²) in [5.74, 6) is -0.188. The summed E-state index contributed by atoms with van der Waals surface area (Å²) in [7, 11) is 1.47. The first-order valence-electron chi connectivity index (χ1n) is 7.61. The van der Waals surface area contributed by atoms with Crippen LogP contribution in [0.25, 0.3) is 6.08 Å². The van der Waals surface area contributed by atoms with Gasteiger partial charge in [-0.1, -0.05) is 17.7 Å². The molecule has 0 saturated carbocycles. The summed E-state index contributed by atoms with van der Waals surface area (Å²) in [6.07, 6.45) is 1.54. The molecule has 26 heavy (non-hydrogen) atoms. The van der Waals surface area contributed by atoms with E-state index < -0.39 is 11.9 Å². The zero-order chi connectivity index (χ0) is 18.7. The third-order valence-electron chi connectivity index (χ3n) is 3.46. The summed E-state index contributed by atoms with van der Waals surface area (Å²) in [5, 5.41) is 0.575. The van der Waals surface area contributed by atoms with Crippen molar-refractivity contribution in [3.63, 3.8) is 0 Å². The number of methoxy groups -OCH3 is 1. The Kier molecular flexibility index (Phi) is 5.04. The number of rotatable bonds is 4. The molecule has 1 aliphatic rings. The summed E-state index contributed by atoms with van der Waals surface area (Å²) < 4.78 is 15.5. The third-order valence-corrected chi connectivity index (χ3v) is 3.71. The van der Waals surface area contributed by atoms with Crippen molar-refractivity contribution in [2.75, 3.05) is 7.11 Å². The topological polar surface area (TPSA) is 74.2 Å². The highest BCUT2D eigenvalue weighted by Crippen LogP contribution is 2.30. The number of carbonyl (C=O) groups is 2. The van der Waals surface area contributed by atoms with Crippen molar-refractivity contribution < 1.29 is 23.8 Å². The molecule has 0 radical (unpaired) electrons. The Morgan fingerprint density at radius 2 is 1.88 bits per heavy atom. The van der Waals surface area contributed by atoms with Gasteiger partial charge >= 0.3 is 11.9 Å². The molecule has 0 fully saturated rings. The van der Waals surface area contributed by atoms with Gasteiger partial charge in [0.15, 0.2) is 17.2 Å². The maximum atomic E-state index is 12.1. The Morgan fingerprint density at radius 3 is 2.54 bits per heavy atom. The summed E-state index contributed by atoms with van der Waals surface area (Å²) in [5.41, 5.74) is 1.38. The van der Waals surface area contributed by atoms with Gasteiger partial charge in [0.1, 0.15) is 0 Å². The highest BCUT2D eigenvalue weighted by Gasteiger charge is 2.24. The van der Waals surface area contributed by atoms with Crippen molar-refractivity contribution in [2.24, 2.45) is 4.99 Å². The Bertz CT molecular complexity index is 931. The fourth-order valence-electron chi connectivity index (χ4n) is 2.30. The van der Waals surface area contributed by atoms with Gasteiger partial charge in [0.25, 0.3) is 0 Å². The number of hydrogen-bond donors (Lipinski definition) is 0. The smallest absolute Gasteiger partial charge is 0.363 e. The van der Waals surface area contributed by atoms with E-state index in [0.29, 0.717) is 21.9 Å². The second-order valence-electron chi connectivity index (χ2n) is 5.35. The first kappa shape index (κ1) is 17.7. The van der Waals surface area contributed by atoms with Crippen LogP contribution in [-0.4, -0.2) is 24.9 Å². The number of hydrogen-bond acceptors (Lipinski definition) is 6. The summed E-state index contributed by atoms with van der Waals surface area (Å²) in [6.45, 7) is 1.29. The van der Waals surface area contributed by atoms with Crippen LogP contribution in [0, 0.1) is 0 Å². The molecule has 1 heterocycles. The molecule has 0 N–H and O–H groups in total. The van der Waals surface area contributed by atoms with E-state index in [0.717, 1.165) is 0 Å². The van der Waals surface area contributed by atoms with Crippen LogP contribution in [0.15, 0.2) is 53.2 Å². The zero-order valence-electron chi connectivity index (χ0n) is 14.0. The number of carbonyl (C=O) groups excluding carboxylic acids is 2. The quantitative estimate of drug-likeness (QED) is 0.466. The first-order valence-corrected chi connectivity index (χ1v) is 7.99. The number of benzene rings is 2. The number of halogens is 1. The Morgan fingerprint density at radius 1 is 1.15 bits per heavy atom. The van der Waals surface area contributed by atoms with E-state index in [-0.39, 0.29) is 17.3 Å². The third kappa shape index (κ3) is 3.92. The van der Waals surface area contributed by atoms with E-state index in [4.69, 9.17) is 25.8 Å². The molecular formula is C19H14ClNO5. The van der Waals surface area contributed by atoms with Gasteiger partial charge in [-0.2, -0.15) is 0 Å². The molecule has 0 amide bonds. The van der Waals surface area contributed by atoms with Crippen molar-refractivity contribution in [2.45, 2.75) is 6.92 Å². The van der Waals surface area contributed by atoms with Gasteiger partial charge in [0, 0.05) is 17.5 Å². The summed E-state index contributed by atoms with van der Waals surface area (Å²) >= 11 is 5.85. The van der Waals surface area contributed by atoms with Crippen LogP contribution in [0.5, 0.6) is 11.5 Å². The molecule has 0 unspecified atom stereocenters. The van der Waals surface area contributed by atoms with Gasteiger partial charge < -0.3 is 14.2 Å². The van der Waals surface area contributed by atoms with Gasteiger partial charge in [-0.15, -0.1) is 0 Å². The van der Waals surface area contributed by atoms with Gasteiger partial charge in [0.05, 0.1) is 7.11 Å². The minimum Gasteiger partial charge on any atom is -0.493 e. The number of nitrogens with zero attached hydrogens (tertiary/aromatic N) is 1. The van der Waals surface area contributed by atoms with E-state index in [1.807, 2.05) is 0 Å². The van der Waals surface area contributed by atoms with Gasteiger partial charge in [-0.25, -0.2) is 9.79 Å². The van der Waals surface area contributed by atoms with Crippen LogP contribution in [0.3, 0.4) is 0 Å². The van der Waals surface area contributed by atoms with Crippen molar-refractivity contribution >= 4 is 35.5 Å². The van der Waals surface area contributed by atoms with Crippen molar-refractivity contribution in [1.29, 1.82) is 0 Å². The van der Waals surface area contributed by atoms with E-state index >= 15 is 0 Å². The van der Waals surface area contributed by atoms with E-state index in [2.05, 4.69) is 4.99 Å². The van der Waals surface area contributed by atoms with Crippen LogP contribution in [0.4, 0.5) is 0 Å². The second kappa shape index (κ2) is 7.41. The van der Waals surface area contributed by atoms with Crippen molar-refractivity contribution in [3.8, 4) is 11.5 Å². The molecule has 1 aliphatic heterocycles. The number of ether oxygens (including phenoxy) is 3. The number of esters is 2. The summed E-state index contributed by atoms with van der Waals surface area (Å²) in [4.78, 5) is 27.5. The monoisotopic (exact) mass is 371 g/mol. The van der Waals surface area contributed by atoms with Crippen molar-refractivity contribution in [1.82, 2.24) is 0 Å². The molecule has 0 aliphatic carbocycles. The van der Waals surface area contributed by atoms with Gasteiger partial charge in [0.2, 0.25) is 5.90 Å². The van der Waals surface area contributed by atoms with E-state index in [1.165, 1.54) is 20.1 Å². The minimum atomic E-state index is -0.570. The highest BCUT2D eigenvalue weighted by atomic mass is 35.5. The minimum absolute atomic E-state index is 0.133. The maximum Gasteiger partial charge on any atom is 0.363 e. The number of aliphatic imine (C=N–C) groups is 1. The molecule has 0 aromatic heterocycles. The lowest BCUT2D eigenvalue weighted by atomic mass is 10.1. The van der Waals surface area contributed by atoms with Crippen LogP contribution in [0.1, 0.15) is 18.1 Å². The predicted octanol–water partition coefficient (Wildman–Crippen LogP) is 3.62. The van der Waals surface area contributed by atoms with Crippen molar-refractivity contribution in [3.05, 3.63) is 64.3 Å². The molecule has 3 rings (SSSR count). The molecule has 0 atom stereocenters. The lowest BCUT2D eigenvalue weighted by molar-refractivity contribution is -0.132. The molecule has 2 aromatic rings. The fraction of sp³-hybridized carbons (Fsp3) is 0.105. The molecule has 0 bridgehead atoms. The molecule has 0 spiro atoms. The lowest BCUT2D eigenvalue weighted by Gasteiger charge is -2.08. The Balaban J connectivity index is 1.92. The molecule has 132 valence electrons. The van der Waals surface area contributed by atoms with Gasteiger partial charge in [-0.3, -0.25) is 4.79 Å². The van der Waals surface area contributed by atoms with Crippen LogP contribution < -0.4 is 9.47 Å². The molecular weight excluding hydrogens is 358 g/mol. The lowest BCUT2D eigenvalue weighted by Crippen LogP contribution is -2.05. The fourth-order valence-corrected chi connectivity index (χ4v) is 2.43.